The summed E-state index contributed by atoms with van der Waals surface area (Å²) in [5, 5.41) is 19.1. The Morgan fingerprint density at radius 3 is 2.22 bits per heavy atom. The maximum absolute atomic E-state index is 14.0. The van der Waals surface area contributed by atoms with Crippen LogP contribution in [-0.2, 0) is 19.1 Å². The van der Waals surface area contributed by atoms with Crippen molar-refractivity contribution in [3.63, 3.8) is 0 Å². The number of β-amino-alcohol motifs (C(OH)–C–C–N with tert-alkyl or cyclic N) is 1. The minimum absolute atomic E-state index is 0.0120. The monoisotopic (exact) mass is 657 g/mol. The molecule has 1 saturated heterocycles. The fraction of sp³-hybridized carbons (Fsp3) is 0.618. The smallest absolute Gasteiger partial charge is 0.407 e. The van der Waals surface area contributed by atoms with Crippen LogP contribution in [0.15, 0.2) is 29.8 Å². The summed E-state index contributed by atoms with van der Waals surface area (Å²) in [5.41, 5.74) is 2.77. The maximum Gasteiger partial charge on any atom is 0.407 e. The summed E-state index contributed by atoms with van der Waals surface area (Å²) in [7, 11) is 0. The third-order valence-corrected chi connectivity index (χ3v) is 8.79. The van der Waals surface area contributed by atoms with Crippen LogP contribution in [0.4, 0.5) is 4.79 Å². The van der Waals surface area contributed by atoms with Gasteiger partial charge in [0.2, 0.25) is 17.7 Å². The third kappa shape index (κ3) is 10.2. The molecule has 12 heteroatoms. The topological polar surface area (TPSA) is 150 Å². The molecule has 1 aromatic heterocycles. The lowest BCUT2D eigenvalue weighted by molar-refractivity contribution is -0.144. The predicted octanol–water partition coefficient (Wildman–Crippen LogP) is 4.73. The van der Waals surface area contributed by atoms with Crippen LogP contribution in [0.5, 0.6) is 0 Å². The van der Waals surface area contributed by atoms with Crippen molar-refractivity contribution < 1.29 is 29.0 Å². The Balaban J connectivity index is 1.66. The highest BCUT2D eigenvalue weighted by molar-refractivity contribution is 7.13. The lowest BCUT2D eigenvalue weighted by Crippen LogP contribution is -2.58. The predicted molar refractivity (Wildman–Crippen MR) is 179 cm³/mol. The normalized spacial score (nSPS) is 18.5. The number of aliphatic hydroxyl groups excluding tert-OH is 1. The van der Waals surface area contributed by atoms with Gasteiger partial charge in [-0.2, -0.15) is 0 Å². The molecule has 4 N–H and O–H groups in total. The summed E-state index contributed by atoms with van der Waals surface area (Å²) in [5.74, 6) is -1.16. The van der Waals surface area contributed by atoms with E-state index in [0.29, 0.717) is 0 Å². The van der Waals surface area contributed by atoms with E-state index < -0.39 is 46.6 Å². The molecule has 254 valence electrons. The van der Waals surface area contributed by atoms with Gasteiger partial charge in [-0.1, -0.05) is 58.9 Å². The molecule has 11 nitrogen and oxygen atoms in total. The average molecular weight is 658 g/mol. The van der Waals surface area contributed by atoms with Gasteiger partial charge in [-0.3, -0.25) is 14.4 Å². The van der Waals surface area contributed by atoms with Crippen molar-refractivity contribution in [2.24, 2.45) is 10.8 Å². The molecule has 46 heavy (non-hydrogen) atoms. The standard InChI is InChI=1S/C34H51N5O6S/c1-20(22-11-13-23(14-12-22)27-21(2)36-19-46-27)37-29(42)25-15-24(40)17-39(25)30(43)28(32(3,4)5)38-26(41)16-34(9,10)18-35-31(44)45-33(6,7)8/h11-14,19-20,24-25,28,40H,15-18H2,1-10H3,(H,35,44)(H,37,42)(H,38,41)/t20-,24+,25-,28+/m0/s1. The molecule has 0 spiro atoms. The van der Waals surface area contributed by atoms with E-state index in [1.54, 1.807) is 32.1 Å². The molecule has 0 aliphatic carbocycles. The van der Waals surface area contributed by atoms with E-state index in [4.69, 9.17) is 4.74 Å². The number of aryl methyl sites for hydroxylation is 1. The number of ether oxygens (including phenoxy) is 1. The number of alkyl carbamates (subject to hydrolysis) is 1. The zero-order chi connectivity index (χ0) is 34.6. The van der Waals surface area contributed by atoms with Crippen molar-refractivity contribution in [1.82, 2.24) is 25.8 Å². The van der Waals surface area contributed by atoms with Gasteiger partial charge in [0.05, 0.1) is 28.2 Å². The third-order valence-electron chi connectivity index (χ3n) is 7.81. The van der Waals surface area contributed by atoms with Gasteiger partial charge in [-0.15, -0.1) is 11.3 Å². The number of nitrogens with one attached hydrogen (secondary N) is 3. The van der Waals surface area contributed by atoms with Crippen LogP contribution in [0.25, 0.3) is 10.4 Å². The molecule has 2 heterocycles. The lowest BCUT2D eigenvalue weighted by atomic mass is 9.84. The summed E-state index contributed by atoms with van der Waals surface area (Å²) in [6, 6.07) is 5.74. The first-order chi connectivity index (χ1) is 21.2. The van der Waals surface area contributed by atoms with Crippen LogP contribution >= 0.6 is 11.3 Å². The minimum Gasteiger partial charge on any atom is -0.444 e. The first-order valence-corrected chi connectivity index (χ1v) is 16.6. The number of carbonyl (C=O) groups excluding carboxylic acids is 4. The van der Waals surface area contributed by atoms with Crippen LogP contribution in [0.1, 0.15) is 92.5 Å². The molecule has 4 atom stereocenters. The van der Waals surface area contributed by atoms with Gasteiger partial charge >= 0.3 is 6.09 Å². The quantitative estimate of drug-likeness (QED) is 0.289. The highest BCUT2D eigenvalue weighted by Gasteiger charge is 2.45. The van der Waals surface area contributed by atoms with Gasteiger partial charge in [0, 0.05) is 25.9 Å². The minimum atomic E-state index is -0.949. The number of aromatic nitrogens is 1. The molecule has 1 aliphatic heterocycles. The Bertz CT molecular complexity index is 1390. The second-order valence-electron chi connectivity index (χ2n) is 15.1. The molecule has 1 aromatic carbocycles. The number of amides is 4. The molecule has 0 unspecified atom stereocenters. The zero-order valence-corrected chi connectivity index (χ0v) is 29.6. The number of hydrogen-bond acceptors (Lipinski definition) is 8. The Morgan fingerprint density at radius 1 is 1.04 bits per heavy atom. The SMILES string of the molecule is Cc1ncsc1-c1ccc([C@H](C)NC(=O)[C@@H]2C[C@@H](O)CN2C(=O)[C@@H](NC(=O)CC(C)(C)CNC(=O)OC(C)(C)C)C(C)(C)C)cc1. The van der Waals surface area contributed by atoms with E-state index in [1.807, 2.05) is 78.2 Å². The molecule has 1 aliphatic rings. The second-order valence-corrected chi connectivity index (χ2v) is 15.9. The number of aliphatic hydroxyl groups is 1. The Labute approximate surface area is 276 Å². The van der Waals surface area contributed by atoms with E-state index in [2.05, 4.69) is 20.9 Å². The largest absolute Gasteiger partial charge is 0.444 e. The van der Waals surface area contributed by atoms with Gasteiger partial charge in [0.15, 0.2) is 0 Å². The van der Waals surface area contributed by atoms with Crippen LogP contribution in [0.3, 0.4) is 0 Å². The molecular weight excluding hydrogens is 606 g/mol. The van der Waals surface area contributed by atoms with Gasteiger partial charge in [0.1, 0.15) is 17.7 Å². The highest BCUT2D eigenvalue weighted by Crippen LogP contribution is 2.30. The van der Waals surface area contributed by atoms with E-state index >= 15 is 0 Å². The molecule has 0 saturated carbocycles. The van der Waals surface area contributed by atoms with E-state index in [-0.39, 0.29) is 43.8 Å². The van der Waals surface area contributed by atoms with Crippen LogP contribution in [-0.4, -0.2) is 75.7 Å². The van der Waals surface area contributed by atoms with Crippen LogP contribution in [0.2, 0.25) is 0 Å². The van der Waals surface area contributed by atoms with Crippen LogP contribution < -0.4 is 16.0 Å². The summed E-state index contributed by atoms with van der Waals surface area (Å²) < 4.78 is 5.29. The molecule has 0 radical (unpaired) electrons. The first-order valence-electron chi connectivity index (χ1n) is 15.7. The van der Waals surface area contributed by atoms with Gasteiger partial charge in [0.25, 0.3) is 0 Å². The fourth-order valence-corrected chi connectivity index (χ4v) is 6.16. The van der Waals surface area contributed by atoms with Crippen molar-refractivity contribution >= 4 is 35.2 Å². The summed E-state index contributed by atoms with van der Waals surface area (Å²) in [6.07, 6.45) is -1.31. The van der Waals surface area contributed by atoms with Gasteiger partial charge in [-0.05, 0) is 56.6 Å². The van der Waals surface area contributed by atoms with Crippen LogP contribution in [0, 0.1) is 17.8 Å². The van der Waals surface area contributed by atoms with E-state index in [0.717, 1.165) is 21.7 Å². The van der Waals surface area contributed by atoms with E-state index in [9.17, 15) is 24.3 Å². The van der Waals surface area contributed by atoms with Crippen molar-refractivity contribution in [3.05, 3.63) is 41.0 Å². The number of thiazole rings is 1. The van der Waals surface area contributed by atoms with Gasteiger partial charge in [-0.25, -0.2) is 9.78 Å². The van der Waals surface area contributed by atoms with Crippen molar-refractivity contribution in [2.45, 2.75) is 112 Å². The Kier molecular flexibility index (Phi) is 11.6. The van der Waals surface area contributed by atoms with Gasteiger partial charge < -0.3 is 30.7 Å². The summed E-state index contributed by atoms with van der Waals surface area (Å²) in [4.78, 5) is 59.7. The zero-order valence-electron chi connectivity index (χ0n) is 28.8. The van der Waals surface area contributed by atoms with Crippen molar-refractivity contribution in [2.75, 3.05) is 13.1 Å². The first kappa shape index (κ1) is 37.0. The number of hydrogen-bond donors (Lipinski definition) is 4. The highest BCUT2D eigenvalue weighted by atomic mass is 32.1. The lowest BCUT2D eigenvalue weighted by Gasteiger charge is -2.36. The number of benzene rings is 1. The van der Waals surface area contributed by atoms with Crippen molar-refractivity contribution in [3.8, 4) is 10.4 Å². The van der Waals surface area contributed by atoms with E-state index in [1.165, 1.54) is 4.90 Å². The number of likely N-dealkylation sites (tertiary alicyclic amines) is 1. The van der Waals surface area contributed by atoms with Crippen molar-refractivity contribution in [1.29, 1.82) is 0 Å². The molecule has 2 aromatic rings. The molecule has 1 fully saturated rings. The Morgan fingerprint density at radius 2 is 1.67 bits per heavy atom. The molecule has 0 bridgehead atoms. The Hall–Kier alpha value is -3.51. The summed E-state index contributed by atoms with van der Waals surface area (Å²) in [6.45, 7) is 18.5. The number of nitrogens with zero attached hydrogens (tertiary/aromatic N) is 2. The number of carbonyl (C=O) groups is 4. The second kappa shape index (κ2) is 14.5. The average Bonchev–Trinajstić information content (AvgIpc) is 3.54. The maximum atomic E-state index is 14.0. The fourth-order valence-electron chi connectivity index (χ4n) is 5.35. The number of rotatable bonds is 10. The molecule has 4 amide bonds. The summed E-state index contributed by atoms with van der Waals surface area (Å²) >= 11 is 1.57. The molecular formula is C34H51N5O6S. The molecule has 3 rings (SSSR count).